The Hall–Kier alpha value is -3.38. The summed E-state index contributed by atoms with van der Waals surface area (Å²) in [6.07, 6.45) is 3.47. The topological polar surface area (TPSA) is 46.0 Å². The number of nitrogens with zero attached hydrogens (tertiary/aromatic N) is 4. The Balaban J connectivity index is 1.66. The minimum absolute atomic E-state index is 0.604. The zero-order valence-corrected chi connectivity index (χ0v) is 17.2. The molecule has 4 aromatic rings. The molecule has 0 radical (unpaired) electrons. The summed E-state index contributed by atoms with van der Waals surface area (Å²) in [7, 11) is 4.05. The normalized spacial score (nSPS) is 12.0. The maximum atomic E-state index is 5.56. The summed E-state index contributed by atoms with van der Waals surface area (Å²) in [5, 5.41) is 10.9. The monoisotopic (exact) mass is 402 g/mol. The highest BCUT2D eigenvalue weighted by Crippen LogP contribution is 2.21. The minimum atomic E-state index is 0.604. The van der Waals surface area contributed by atoms with Gasteiger partial charge in [0.15, 0.2) is 0 Å². The Morgan fingerprint density at radius 1 is 1.00 bits per heavy atom. The molecule has 0 bridgehead atoms. The number of rotatable bonds is 6. The van der Waals surface area contributed by atoms with Crippen LogP contribution in [0.5, 0.6) is 0 Å². The molecule has 146 valence electrons. The van der Waals surface area contributed by atoms with Gasteiger partial charge in [0.05, 0.1) is 24.7 Å². The summed E-state index contributed by atoms with van der Waals surface area (Å²) in [4.78, 5) is 2.89. The standard InChI is InChI=1S/C23H22N4OS/c1-26(2)20-12-10-18(11-13-20)15-24-25-23-27(16-21-9-6-14-28-21)22(17-29-23)19-7-4-3-5-8-19/h3-15,17H,16H2,1-2H3. The highest BCUT2D eigenvalue weighted by atomic mass is 32.1. The van der Waals surface area contributed by atoms with Crippen LogP contribution in [0.2, 0.25) is 0 Å². The molecule has 0 saturated heterocycles. The van der Waals surface area contributed by atoms with E-state index in [4.69, 9.17) is 4.42 Å². The third-order valence-electron chi connectivity index (χ3n) is 4.52. The Morgan fingerprint density at radius 3 is 2.48 bits per heavy atom. The molecule has 29 heavy (non-hydrogen) atoms. The van der Waals surface area contributed by atoms with E-state index in [1.807, 2.05) is 56.6 Å². The number of hydrogen-bond donors (Lipinski definition) is 0. The molecule has 5 nitrogen and oxygen atoms in total. The van der Waals surface area contributed by atoms with Crippen LogP contribution >= 0.6 is 11.3 Å². The van der Waals surface area contributed by atoms with Gasteiger partial charge in [-0.25, -0.2) is 0 Å². The third kappa shape index (κ3) is 4.55. The Labute approximate surface area is 173 Å². The summed E-state index contributed by atoms with van der Waals surface area (Å²) in [5.74, 6) is 0.880. The molecule has 6 heteroatoms. The first kappa shape index (κ1) is 19.0. The van der Waals surface area contributed by atoms with E-state index >= 15 is 0 Å². The van der Waals surface area contributed by atoms with Crippen molar-refractivity contribution < 1.29 is 4.42 Å². The maximum absolute atomic E-state index is 5.56. The Morgan fingerprint density at radius 2 is 1.79 bits per heavy atom. The van der Waals surface area contributed by atoms with Gasteiger partial charge in [0.2, 0.25) is 4.80 Å². The predicted octanol–water partition coefficient (Wildman–Crippen LogP) is 4.86. The lowest BCUT2D eigenvalue weighted by Crippen LogP contribution is -2.16. The van der Waals surface area contributed by atoms with Crippen LogP contribution in [0, 0.1) is 0 Å². The van der Waals surface area contributed by atoms with E-state index in [1.54, 1.807) is 23.8 Å². The molecule has 0 saturated carbocycles. The van der Waals surface area contributed by atoms with Crippen LogP contribution in [-0.2, 0) is 6.54 Å². The number of hydrogen-bond acceptors (Lipinski definition) is 5. The van der Waals surface area contributed by atoms with E-state index < -0.39 is 0 Å². The van der Waals surface area contributed by atoms with E-state index in [0.717, 1.165) is 33.1 Å². The molecule has 0 unspecified atom stereocenters. The molecule has 0 aliphatic carbocycles. The number of anilines is 1. The number of thiazole rings is 1. The molecule has 0 fully saturated rings. The fourth-order valence-electron chi connectivity index (χ4n) is 2.96. The first-order chi connectivity index (χ1) is 14.2. The SMILES string of the molecule is CN(C)c1ccc(C=NN=c2scc(-c3ccccc3)n2Cc2ccco2)cc1. The fraction of sp³-hybridized carbons (Fsp3) is 0.130. The maximum Gasteiger partial charge on any atom is 0.211 e. The van der Waals surface area contributed by atoms with Crippen LogP contribution in [0.4, 0.5) is 5.69 Å². The molecule has 0 aliphatic heterocycles. The number of aromatic nitrogens is 1. The predicted molar refractivity (Wildman–Crippen MR) is 119 cm³/mol. The van der Waals surface area contributed by atoms with Crippen LogP contribution < -0.4 is 9.70 Å². The second kappa shape index (κ2) is 8.75. The van der Waals surface area contributed by atoms with Gasteiger partial charge in [0.1, 0.15) is 5.76 Å². The lowest BCUT2D eigenvalue weighted by molar-refractivity contribution is 0.491. The molecule has 0 spiro atoms. The van der Waals surface area contributed by atoms with Crippen molar-refractivity contribution in [1.29, 1.82) is 0 Å². The first-order valence-electron chi connectivity index (χ1n) is 9.31. The Kier molecular flexibility index (Phi) is 5.72. The lowest BCUT2D eigenvalue weighted by Gasteiger charge is -2.11. The molecule has 0 N–H and O–H groups in total. The second-order valence-electron chi connectivity index (χ2n) is 6.77. The molecule has 2 aromatic carbocycles. The summed E-state index contributed by atoms with van der Waals surface area (Å²) in [6.45, 7) is 0.604. The zero-order valence-electron chi connectivity index (χ0n) is 16.4. The van der Waals surface area contributed by atoms with E-state index in [0.29, 0.717) is 6.54 Å². The largest absolute Gasteiger partial charge is 0.467 e. The average molecular weight is 403 g/mol. The smallest absolute Gasteiger partial charge is 0.211 e. The van der Waals surface area contributed by atoms with Crippen molar-refractivity contribution in [2.45, 2.75) is 6.54 Å². The van der Waals surface area contributed by atoms with Crippen molar-refractivity contribution in [2.75, 3.05) is 19.0 Å². The van der Waals surface area contributed by atoms with Gasteiger partial charge in [-0.05, 0) is 35.4 Å². The molecule has 0 atom stereocenters. The van der Waals surface area contributed by atoms with Gasteiger partial charge in [0, 0.05) is 25.2 Å². The van der Waals surface area contributed by atoms with Crippen LogP contribution in [-0.4, -0.2) is 24.9 Å². The fourth-order valence-corrected chi connectivity index (χ4v) is 3.83. The molecule has 0 amide bonds. The quantitative estimate of drug-likeness (QED) is 0.342. The number of benzene rings is 2. The Bertz CT molecular complexity index is 1140. The third-order valence-corrected chi connectivity index (χ3v) is 5.37. The van der Waals surface area contributed by atoms with Gasteiger partial charge in [-0.1, -0.05) is 42.5 Å². The first-order valence-corrected chi connectivity index (χ1v) is 10.2. The van der Waals surface area contributed by atoms with Crippen LogP contribution in [0.1, 0.15) is 11.3 Å². The van der Waals surface area contributed by atoms with Gasteiger partial charge in [-0.15, -0.1) is 16.4 Å². The molecule has 4 rings (SSSR count). The van der Waals surface area contributed by atoms with Crippen molar-refractivity contribution in [3.8, 4) is 11.3 Å². The minimum Gasteiger partial charge on any atom is -0.467 e. The van der Waals surface area contributed by atoms with Crippen LogP contribution in [0.3, 0.4) is 0 Å². The number of furan rings is 1. The van der Waals surface area contributed by atoms with Gasteiger partial charge in [0.25, 0.3) is 0 Å². The zero-order chi connectivity index (χ0) is 20.1. The van der Waals surface area contributed by atoms with Crippen molar-refractivity contribution in [2.24, 2.45) is 10.2 Å². The van der Waals surface area contributed by atoms with Crippen LogP contribution in [0.25, 0.3) is 11.3 Å². The van der Waals surface area contributed by atoms with Crippen molar-refractivity contribution in [3.05, 3.63) is 94.5 Å². The average Bonchev–Trinajstić information content (AvgIpc) is 3.40. The van der Waals surface area contributed by atoms with Crippen molar-refractivity contribution in [1.82, 2.24) is 4.57 Å². The van der Waals surface area contributed by atoms with E-state index in [9.17, 15) is 0 Å². The lowest BCUT2D eigenvalue weighted by atomic mass is 10.2. The molecule has 0 aliphatic rings. The van der Waals surface area contributed by atoms with Gasteiger partial charge < -0.3 is 13.9 Å². The van der Waals surface area contributed by atoms with Gasteiger partial charge >= 0.3 is 0 Å². The highest BCUT2D eigenvalue weighted by Gasteiger charge is 2.09. The van der Waals surface area contributed by atoms with Gasteiger partial charge in [-0.3, -0.25) is 0 Å². The second-order valence-corrected chi connectivity index (χ2v) is 7.60. The summed E-state index contributed by atoms with van der Waals surface area (Å²) < 4.78 is 7.69. The summed E-state index contributed by atoms with van der Waals surface area (Å²) in [6, 6.07) is 22.4. The van der Waals surface area contributed by atoms with Crippen molar-refractivity contribution in [3.63, 3.8) is 0 Å². The van der Waals surface area contributed by atoms with Gasteiger partial charge in [-0.2, -0.15) is 5.10 Å². The van der Waals surface area contributed by atoms with E-state index in [2.05, 4.69) is 49.3 Å². The summed E-state index contributed by atoms with van der Waals surface area (Å²) >= 11 is 1.57. The van der Waals surface area contributed by atoms with E-state index in [-0.39, 0.29) is 0 Å². The molecule has 2 aromatic heterocycles. The molecular formula is C23H22N4OS. The van der Waals surface area contributed by atoms with Crippen molar-refractivity contribution >= 4 is 23.2 Å². The molecular weight excluding hydrogens is 380 g/mol. The highest BCUT2D eigenvalue weighted by molar-refractivity contribution is 7.07. The van der Waals surface area contributed by atoms with Crippen LogP contribution in [0.15, 0.2) is 93.0 Å². The van der Waals surface area contributed by atoms with E-state index in [1.165, 1.54) is 0 Å². The summed E-state index contributed by atoms with van der Waals surface area (Å²) in [5.41, 5.74) is 4.40. The molecule has 2 heterocycles.